The number of likely N-dealkylation sites (tertiary alicyclic amines) is 1. The van der Waals surface area contributed by atoms with E-state index >= 15 is 0 Å². The van der Waals surface area contributed by atoms with Crippen LogP contribution in [0.2, 0.25) is 0 Å². The van der Waals surface area contributed by atoms with Gasteiger partial charge in [-0.05, 0) is 38.8 Å². The molecular weight excluding hydrogens is 292 g/mol. The fraction of sp³-hybridized carbons (Fsp3) is 0.471. The van der Waals surface area contributed by atoms with Crippen LogP contribution in [0.4, 0.5) is 0 Å². The van der Waals surface area contributed by atoms with Crippen molar-refractivity contribution < 1.29 is 9.53 Å². The van der Waals surface area contributed by atoms with E-state index in [9.17, 15) is 4.79 Å². The van der Waals surface area contributed by atoms with Gasteiger partial charge in [0.25, 0.3) is 5.91 Å². The molecule has 1 amide bonds. The summed E-state index contributed by atoms with van der Waals surface area (Å²) in [5.74, 6) is -0.0420. The highest BCUT2D eigenvalue weighted by Gasteiger charge is 2.27. The average molecular weight is 314 g/mol. The first-order chi connectivity index (χ1) is 11.2. The van der Waals surface area contributed by atoms with Gasteiger partial charge in [-0.1, -0.05) is 18.2 Å². The summed E-state index contributed by atoms with van der Waals surface area (Å²) in [5.41, 5.74) is 1.94. The minimum Gasteiger partial charge on any atom is -0.378 e. The maximum atomic E-state index is 12.7. The summed E-state index contributed by atoms with van der Waals surface area (Å²) in [7, 11) is 0. The fourth-order valence-corrected chi connectivity index (χ4v) is 2.86. The Hall–Kier alpha value is -2.21. The number of nitrogens with zero attached hydrogens (tertiary/aromatic N) is 4. The maximum Gasteiger partial charge on any atom is 0.276 e. The van der Waals surface area contributed by atoms with Crippen molar-refractivity contribution in [1.29, 1.82) is 0 Å². The van der Waals surface area contributed by atoms with E-state index in [4.69, 9.17) is 4.74 Å². The molecule has 6 heteroatoms. The highest BCUT2D eigenvalue weighted by molar-refractivity contribution is 5.93. The summed E-state index contributed by atoms with van der Waals surface area (Å²) in [6.07, 6.45) is 2.03. The number of rotatable bonds is 4. The summed E-state index contributed by atoms with van der Waals surface area (Å²) in [4.78, 5) is 16.1. The standard InChI is InChI=1S/C17H22N4O2/c1-3-23-15-9-11-20(12-10-15)17(22)16-13(2)18-21(19-16)14-7-5-4-6-8-14/h4-8,15H,3,9-12H2,1-2H3. The molecule has 0 N–H and O–H groups in total. The molecule has 1 aliphatic heterocycles. The van der Waals surface area contributed by atoms with E-state index < -0.39 is 0 Å². The van der Waals surface area contributed by atoms with E-state index in [1.54, 1.807) is 0 Å². The van der Waals surface area contributed by atoms with Crippen molar-refractivity contribution >= 4 is 5.91 Å². The Morgan fingerprint density at radius 2 is 1.91 bits per heavy atom. The van der Waals surface area contributed by atoms with Crippen molar-refractivity contribution in [3.63, 3.8) is 0 Å². The molecule has 2 heterocycles. The first kappa shape index (κ1) is 15.7. The third-order valence-corrected chi connectivity index (χ3v) is 4.10. The number of ether oxygens (including phenoxy) is 1. The molecule has 2 aromatic rings. The van der Waals surface area contributed by atoms with Crippen LogP contribution < -0.4 is 0 Å². The minimum atomic E-state index is -0.0420. The molecule has 1 saturated heterocycles. The Balaban J connectivity index is 1.72. The highest BCUT2D eigenvalue weighted by atomic mass is 16.5. The summed E-state index contributed by atoms with van der Waals surface area (Å²) >= 11 is 0. The van der Waals surface area contributed by atoms with E-state index in [0.717, 1.165) is 25.1 Å². The Kier molecular flexibility index (Phi) is 4.71. The number of benzene rings is 1. The van der Waals surface area contributed by atoms with Crippen LogP contribution in [0, 0.1) is 6.92 Å². The molecular formula is C17H22N4O2. The molecule has 6 nitrogen and oxygen atoms in total. The zero-order chi connectivity index (χ0) is 16.2. The number of amides is 1. The van der Waals surface area contributed by atoms with Crippen LogP contribution in [-0.2, 0) is 4.74 Å². The number of aromatic nitrogens is 3. The Labute approximate surface area is 136 Å². The van der Waals surface area contributed by atoms with E-state index in [1.807, 2.05) is 49.1 Å². The van der Waals surface area contributed by atoms with E-state index in [-0.39, 0.29) is 12.0 Å². The van der Waals surface area contributed by atoms with Gasteiger partial charge in [-0.2, -0.15) is 9.90 Å². The van der Waals surface area contributed by atoms with Gasteiger partial charge in [0.2, 0.25) is 0 Å². The van der Waals surface area contributed by atoms with Crippen LogP contribution in [0.15, 0.2) is 30.3 Å². The number of para-hydroxylation sites is 1. The number of carbonyl (C=O) groups excluding carboxylic acids is 1. The molecule has 0 spiro atoms. The predicted octanol–water partition coefficient (Wildman–Crippen LogP) is 2.22. The molecule has 0 unspecified atom stereocenters. The molecule has 1 aromatic carbocycles. The molecule has 0 saturated carbocycles. The van der Waals surface area contributed by atoms with Crippen molar-refractivity contribution in [3.8, 4) is 5.69 Å². The summed E-state index contributed by atoms with van der Waals surface area (Å²) in [6, 6.07) is 9.62. The zero-order valence-electron chi connectivity index (χ0n) is 13.6. The number of carbonyl (C=O) groups is 1. The molecule has 1 aliphatic rings. The van der Waals surface area contributed by atoms with Crippen LogP contribution >= 0.6 is 0 Å². The molecule has 23 heavy (non-hydrogen) atoms. The largest absolute Gasteiger partial charge is 0.378 e. The van der Waals surface area contributed by atoms with Crippen LogP contribution in [-0.4, -0.2) is 51.6 Å². The lowest BCUT2D eigenvalue weighted by molar-refractivity contribution is 0.0144. The average Bonchev–Trinajstić information content (AvgIpc) is 2.98. The van der Waals surface area contributed by atoms with Crippen LogP contribution in [0.3, 0.4) is 0 Å². The molecule has 0 atom stereocenters. The lowest BCUT2D eigenvalue weighted by Crippen LogP contribution is -2.41. The second kappa shape index (κ2) is 6.91. The summed E-state index contributed by atoms with van der Waals surface area (Å²) in [6.45, 7) is 5.97. The summed E-state index contributed by atoms with van der Waals surface area (Å²) < 4.78 is 5.63. The number of hydrogen-bond acceptors (Lipinski definition) is 4. The van der Waals surface area contributed by atoms with Crippen molar-refractivity contribution in [1.82, 2.24) is 19.9 Å². The summed E-state index contributed by atoms with van der Waals surface area (Å²) in [5, 5.41) is 8.77. The van der Waals surface area contributed by atoms with E-state index in [2.05, 4.69) is 10.2 Å². The normalized spacial score (nSPS) is 15.8. The van der Waals surface area contributed by atoms with Crippen molar-refractivity contribution in [2.24, 2.45) is 0 Å². The monoisotopic (exact) mass is 314 g/mol. The van der Waals surface area contributed by atoms with Crippen molar-refractivity contribution in [2.45, 2.75) is 32.8 Å². The lowest BCUT2D eigenvalue weighted by Gasteiger charge is -2.31. The highest BCUT2D eigenvalue weighted by Crippen LogP contribution is 2.17. The van der Waals surface area contributed by atoms with Gasteiger partial charge in [0.15, 0.2) is 5.69 Å². The van der Waals surface area contributed by atoms with Gasteiger partial charge >= 0.3 is 0 Å². The van der Waals surface area contributed by atoms with Crippen LogP contribution in [0.1, 0.15) is 35.9 Å². The smallest absolute Gasteiger partial charge is 0.276 e. The molecule has 1 aromatic heterocycles. The van der Waals surface area contributed by atoms with Crippen LogP contribution in [0.25, 0.3) is 5.69 Å². The fourth-order valence-electron chi connectivity index (χ4n) is 2.86. The van der Waals surface area contributed by atoms with Crippen molar-refractivity contribution in [3.05, 3.63) is 41.7 Å². The number of hydrogen-bond donors (Lipinski definition) is 0. The first-order valence-electron chi connectivity index (χ1n) is 8.09. The van der Waals surface area contributed by atoms with Gasteiger partial charge in [-0.25, -0.2) is 0 Å². The molecule has 3 rings (SSSR count). The maximum absolute atomic E-state index is 12.7. The third-order valence-electron chi connectivity index (χ3n) is 4.10. The Morgan fingerprint density at radius 3 is 2.57 bits per heavy atom. The molecule has 0 aliphatic carbocycles. The predicted molar refractivity (Wildman–Crippen MR) is 86.6 cm³/mol. The van der Waals surface area contributed by atoms with Gasteiger partial charge in [-0.15, -0.1) is 5.10 Å². The molecule has 122 valence electrons. The zero-order valence-corrected chi connectivity index (χ0v) is 13.6. The number of piperidine rings is 1. The van der Waals surface area contributed by atoms with E-state index in [1.165, 1.54) is 4.80 Å². The van der Waals surface area contributed by atoms with Crippen molar-refractivity contribution in [2.75, 3.05) is 19.7 Å². The molecule has 0 radical (unpaired) electrons. The van der Waals surface area contributed by atoms with Gasteiger partial charge < -0.3 is 9.64 Å². The molecule has 1 fully saturated rings. The van der Waals surface area contributed by atoms with E-state index in [0.29, 0.717) is 24.5 Å². The van der Waals surface area contributed by atoms with Gasteiger partial charge in [0.1, 0.15) is 0 Å². The topological polar surface area (TPSA) is 60.2 Å². The third kappa shape index (κ3) is 3.42. The van der Waals surface area contributed by atoms with Gasteiger partial charge in [0, 0.05) is 19.7 Å². The Morgan fingerprint density at radius 1 is 1.22 bits per heavy atom. The minimum absolute atomic E-state index is 0.0420. The molecule has 0 bridgehead atoms. The second-order valence-electron chi connectivity index (χ2n) is 5.71. The SMILES string of the molecule is CCOC1CCN(C(=O)c2nn(-c3ccccc3)nc2C)CC1. The van der Waals surface area contributed by atoms with Gasteiger partial charge in [-0.3, -0.25) is 4.79 Å². The van der Waals surface area contributed by atoms with Crippen LogP contribution in [0.5, 0.6) is 0 Å². The Bertz CT molecular complexity index is 660. The number of aryl methyl sites for hydroxylation is 1. The second-order valence-corrected chi connectivity index (χ2v) is 5.71. The quantitative estimate of drug-likeness (QED) is 0.868. The first-order valence-corrected chi connectivity index (χ1v) is 8.09. The lowest BCUT2D eigenvalue weighted by atomic mass is 10.1. The van der Waals surface area contributed by atoms with Gasteiger partial charge in [0.05, 0.1) is 17.5 Å².